The normalized spacial score (nSPS) is 9.91. The molecule has 0 saturated carbocycles. The van der Waals surface area contributed by atoms with E-state index in [4.69, 9.17) is 0 Å². The van der Waals surface area contributed by atoms with Crippen molar-refractivity contribution in [2.45, 2.75) is 5.16 Å². The van der Waals surface area contributed by atoms with E-state index in [1.807, 2.05) is 0 Å². The molecule has 0 aliphatic carbocycles. The zero-order valence-corrected chi connectivity index (χ0v) is 6.54. The minimum Gasteiger partial charge on any atom is -0.246 e. The average molecular weight is 173 g/mol. The number of aromatic nitrogens is 4. The Morgan fingerprint density at radius 1 is 1.73 bits per heavy atom. The maximum atomic E-state index is 10.00. The number of thioether (sulfide) groups is 1. The summed E-state index contributed by atoms with van der Waals surface area (Å²) in [6.07, 6.45) is 0. The lowest BCUT2D eigenvalue weighted by atomic mass is 10.8. The fourth-order valence-corrected chi connectivity index (χ4v) is 1.03. The van der Waals surface area contributed by atoms with E-state index in [-0.39, 0.29) is 5.75 Å². The molecule has 0 amide bonds. The number of hydrogen-bond acceptors (Lipinski definition) is 5. The van der Waals surface area contributed by atoms with Crippen molar-refractivity contribution in [3.63, 3.8) is 0 Å². The Balaban J connectivity index is 2.51. The van der Waals surface area contributed by atoms with Gasteiger partial charge in [0, 0.05) is 7.05 Å². The standard InChI is InChI=1S/C4H5N4O2S/c1-8-4(5-6-7-8)11-2-3(9)10/h2H2,1H3. The summed E-state index contributed by atoms with van der Waals surface area (Å²) in [6, 6.07) is 0. The summed E-state index contributed by atoms with van der Waals surface area (Å²) >= 11 is 1.03. The van der Waals surface area contributed by atoms with E-state index in [0.29, 0.717) is 5.16 Å². The van der Waals surface area contributed by atoms with Crippen molar-refractivity contribution in [1.82, 2.24) is 20.2 Å². The van der Waals surface area contributed by atoms with Gasteiger partial charge < -0.3 is 0 Å². The van der Waals surface area contributed by atoms with Gasteiger partial charge in [0.2, 0.25) is 5.16 Å². The van der Waals surface area contributed by atoms with E-state index in [9.17, 15) is 9.90 Å². The molecule has 0 spiro atoms. The van der Waals surface area contributed by atoms with Crippen LogP contribution in [0.2, 0.25) is 0 Å². The first-order valence-electron chi connectivity index (χ1n) is 2.75. The van der Waals surface area contributed by atoms with E-state index in [2.05, 4.69) is 15.5 Å². The second kappa shape index (κ2) is 3.33. The van der Waals surface area contributed by atoms with Gasteiger partial charge in [-0.05, 0) is 10.4 Å². The van der Waals surface area contributed by atoms with E-state index in [0.717, 1.165) is 11.8 Å². The molecule has 0 aliphatic heterocycles. The number of aryl methyl sites for hydroxylation is 1. The molecular formula is C4H5N4O2S. The van der Waals surface area contributed by atoms with Gasteiger partial charge in [0.25, 0.3) is 0 Å². The molecule has 0 bridgehead atoms. The molecule has 1 radical (unpaired) electrons. The maximum Gasteiger partial charge on any atom is 0.365 e. The Hall–Kier alpha value is -1.11. The van der Waals surface area contributed by atoms with Crippen LogP contribution in [0.15, 0.2) is 5.16 Å². The van der Waals surface area contributed by atoms with Crippen LogP contribution in [0.3, 0.4) is 0 Å². The lowest BCUT2D eigenvalue weighted by molar-refractivity contribution is -0.139. The molecule has 59 valence electrons. The van der Waals surface area contributed by atoms with Crippen LogP contribution in [0.4, 0.5) is 0 Å². The van der Waals surface area contributed by atoms with Gasteiger partial charge in [-0.2, -0.15) is 0 Å². The monoisotopic (exact) mass is 173 g/mol. The first-order chi connectivity index (χ1) is 5.20. The van der Waals surface area contributed by atoms with Crippen molar-refractivity contribution in [2.75, 3.05) is 5.75 Å². The van der Waals surface area contributed by atoms with Gasteiger partial charge in [-0.25, -0.2) is 14.6 Å². The third-order valence-electron chi connectivity index (χ3n) is 0.900. The number of hydrogen-bond donors (Lipinski definition) is 0. The summed E-state index contributed by atoms with van der Waals surface area (Å²) in [5.41, 5.74) is 0. The highest BCUT2D eigenvalue weighted by atomic mass is 32.2. The highest BCUT2D eigenvalue weighted by molar-refractivity contribution is 7.99. The van der Waals surface area contributed by atoms with Gasteiger partial charge in [0.1, 0.15) is 5.75 Å². The average Bonchev–Trinajstić information content (AvgIpc) is 2.31. The van der Waals surface area contributed by atoms with Crippen LogP contribution < -0.4 is 0 Å². The summed E-state index contributed by atoms with van der Waals surface area (Å²) < 4.78 is 1.40. The largest absolute Gasteiger partial charge is 0.365 e. The van der Waals surface area contributed by atoms with E-state index in [1.165, 1.54) is 4.68 Å². The van der Waals surface area contributed by atoms with Crippen molar-refractivity contribution in [3.8, 4) is 0 Å². The Morgan fingerprint density at radius 2 is 2.45 bits per heavy atom. The number of carbonyl (C=O) groups is 1. The van der Waals surface area contributed by atoms with Crippen molar-refractivity contribution in [1.29, 1.82) is 0 Å². The predicted octanol–water partition coefficient (Wildman–Crippen LogP) is -0.741. The summed E-state index contributed by atoms with van der Waals surface area (Å²) in [5.74, 6) is -1.26. The molecule has 11 heavy (non-hydrogen) atoms. The van der Waals surface area contributed by atoms with Gasteiger partial charge in [0.15, 0.2) is 0 Å². The van der Waals surface area contributed by atoms with Crippen LogP contribution in [0.1, 0.15) is 0 Å². The molecule has 0 atom stereocenters. The Labute approximate surface area is 66.6 Å². The van der Waals surface area contributed by atoms with Gasteiger partial charge in [-0.1, -0.05) is 11.8 Å². The molecule has 0 aromatic carbocycles. The molecule has 6 nitrogen and oxygen atoms in total. The molecule has 0 aliphatic rings. The second-order valence-electron chi connectivity index (χ2n) is 1.75. The fraction of sp³-hybridized carbons (Fsp3) is 0.500. The lowest BCUT2D eigenvalue weighted by Crippen LogP contribution is -1.99. The van der Waals surface area contributed by atoms with E-state index < -0.39 is 5.97 Å². The Kier molecular flexibility index (Phi) is 2.42. The van der Waals surface area contributed by atoms with Crippen molar-refractivity contribution >= 4 is 17.7 Å². The van der Waals surface area contributed by atoms with Crippen LogP contribution in [-0.2, 0) is 16.9 Å². The van der Waals surface area contributed by atoms with Gasteiger partial charge >= 0.3 is 5.97 Å². The second-order valence-corrected chi connectivity index (χ2v) is 2.69. The summed E-state index contributed by atoms with van der Waals surface area (Å²) in [7, 11) is 1.64. The summed E-state index contributed by atoms with van der Waals surface area (Å²) in [6.45, 7) is 0. The number of nitrogens with zero attached hydrogens (tertiary/aromatic N) is 4. The maximum absolute atomic E-state index is 10.00. The number of rotatable bonds is 3. The molecule has 0 unspecified atom stereocenters. The predicted molar refractivity (Wildman–Crippen MR) is 35.2 cm³/mol. The van der Waals surface area contributed by atoms with Crippen LogP contribution in [0.5, 0.6) is 0 Å². The highest BCUT2D eigenvalue weighted by Gasteiger charge is 2.06. The zero-order valence-electron chi connectivity index (χ0n) is 5.72. The van der Waals surface area contributed by atoms with Crippen LogP contribution in [0.25, 0.3) is 0 Å². The van der Waals surface area contributed by atoms with Crippen molar-refractivity contribution < 1.29 is 9.90 Å². The van der Waals surface area contributed by atoms with E-state index >= 15 is 0 Å². The third-order valence-corrected chi connectivity index (χ3v) is 1.88. The molecular weight excluding hydrogens is 168 g/mol. The van der Waals surface area contributed by atoms with Crippen LogP contribution in [0, 0.1) is 0 Å². The van der Waals surface area contributed by atoms with Crippen molar-refractivity contribution in [3.05, 3.63) is 0 Å². The van der Waals surface area contributed by atoms with Gasteiger partial charge in [-0.15, -0.1) is 5.10 Å². The SMILES string of the molecule is Cn1nnnc1SCC([O])=O. The number of carbonyl (C=O) groups excluding carboxylic acids is 1. The Morgan fingerprint density at radius 3 is 2.91 bits per heavy atom. The molecule has 0 N–H and O–H groups in total. The minimum atomic E-state index is -1.13. The molecule has 1 aromatic heterocycles. The molecule has 0 saturated heterocycles. The highest BCUT2D eigenvalue weighted by Crippen LogP contribution is 2.10. The zero-order chi connectivity index (χ0) is 8.27. The number of tetrazole rings is 1. The topological polar surface area (TPSA) is 80.6 Å². The lowest BCUT2D eigenvalue weighted by Gasteiger charge is -1.91. The molecule has 0 fully saturated rings. The van der Waals surface area contributed by atoms with Gasteiger partial charge in [0.05, 0.1) is 0 Å². The third kappa shape index (κ3) is 2.19. The molecule has 1 aromatic rings. The summed E-state index contributed by atoms with van der Waals surface area (Å²) in [5, 5.41) is 20.9. The van der Waals surface area contributed by atoms with Crippen LogP contribution >= 0.6 is 11.8 Å². The van der Waals surface area contributed by atoms with Gasteiger partial charge in [-0.3, -0.25) is 0 Å². The minimum absolute atomic E-state index is 0.131. The summed E-state index contributed by atoms with van der Waals surface area (Å²) in [4.78, 5) is 10.00. The fourth-order valence-electron chi connectivity index (χ4n) is 0.467. The smallest absolute Gasteiger partial charge is 0.246 e. The first-order valence-corrected chi connectivity index (χ1v) is 3.73. The first kappa shape index (κ1) is 7.99. The molecule has 7 heteroatoms. The quantitative estimate of drug-likeness (QED) is 0.562. The molecule has 1 rings (SSSR count). The Bertz CT molecular complexity index is 260. The molecule has 1 heterocycles. The van der Waals surface area contributed by atoms with Crippen LogP contribution in [-0.4, -0.2) is 31.9 Å². The van der Waals surface area contributed by atoms with E-state index in [1.54, 1.807) is 7.05 Å². The van der Waals surface area contributed by atoms with Crippen molar-refractivity contribution in [2.24, 2.45) is 7.05 Å².